The van der Waals surface area contributed by atoms with Crippen LogP contribution in [-0.2, 0) is 17.7 Å². The zero-order valence-electron chi connectivity index (χ0n) is 12.3. The maximum atomic E-state index is 12.3. The fourth-order valence-corrected chi connectivity index (χ4v) is 2.39. The van der Waals surface area contributed by atoms with Crippen molar-refractivity contribution in [2.24, 2.45) is 0 Å². The summed E-state index contributed by atoms with van der Waals surface area (Å²) < 4.78 is 47.2. The zero-order chi connectivity index (χ0) is 16.3. The van der Waals surface area contributed by atoms with Gasteiger partial charge in [-0.2, -0.15) is 18.2 Å². The number of benzene rings is 1. The minimum absolute atomic E-state index is 0.0929. The molecule has 2 heterocycles. The standard InChI is InChI=1S/C15H16F3N3O2/c16-15(17,18)7-13-20-14(23-21-13)11-3-1-2-10(6-11)8-19-12-4-5-22-9-12/h1-3,6,12,19H,4-5,7-9H2. The second-order valence-corrected chi connectivity index (χ2v) is 5.45. The average molecular weight is 327 g/mol. The van der Waals surface area contributed by atoms with E-state index in [9.17, 15) is 13.2 Å². The largest absolute Gasteiger partial charge is 0.396 e. The molecule has 1 fully saturated rings. The van der Waals surface area contributed by atoms with E-state index in [0.717, 1.165) is 18.6 Å². The Bertz CT molecular complexity index is 651. The van der Waals surface area contributed by atoms with Crippen molar-refractivity contribution >= 4 is 0 Å². The third-order valence-corrected chi connectivity index (χ3v) is 3.53. The summed E-state index contributed by atoms with van der Waals surface area (Å²) in [6.45, 7) is 2.11. The number of rotatable bonds is 5. The molecule has 1 atom stereocenters. The Kier molecular flexibility index (Phi) is 4.63. The van der Waals surface area contributed by atoms with E-state index >= 15 is 0 Å². The van der Waals surface area contributed by atoms with Gasteiger partial charge in [-0.25, -0.2) is 0 Å². The second-order valence-electron chi connectivity index (χ2n) is 5.45. The van der Waals surface area contributed by atoms with Crippen molar-refractivity contribution < 1.29 is 22.4 Å². The van der Waals surface area contributed by atoms with E-state index in [-0.39, 0.29) is 11.7 Å². The lowest BCUT2D eigenvalue weighted by molar-refractivity contribution is -0.128. The molecule has 1 aliphatic heterocycles. The topological polar surface area (TPSA) is 60.2 Å². The van der Waals surface area contributed by atoms with Crippen LogP contribution in [0.2, 0.25) is 0 Å². The molecule has 1 aromatic heterocycles. The molecular formula is C15H16F3N3O2. The molecule has 1 N–H and O–H groups in total. The lowest BCUT2D eigenvalue weighted by Gasteiger charge is -2.10. The maximum Gasteiger partial charge on any atom is 0.396 e. The SMILES string of the molecule is FC(F)(F)Cc1noc(-c2cccc(CNC3CCOC3)c2)n1. The second kappa shape index (κ2) is 6.67. The van der Waals surface area contributed by atoms with Crippen molar-refractivity contribution in [2.45, 2.75) is 31.6 Å². The summed E-state index contributed by atoms with van der Waals surface area (Å²) in [4.78, 5) is 3.81. The molecule has 23 heavy (non-hydrogen) atoms. The predicted molar refractivity (Wildman–Crippen MR) is 75.6 cm³/mol. The summed E-state index contributed by atoms with van der Waals surface area (Å²) in [5.41, 5.74) is 1.60. The number of aromatic nitrogens is 2. The van der Waals surface area contributed by atoms with Gasteiger partial charge in [-0.3, -0.25) is 0 Å². The van der Waals surface area contributed by atoms with Crippen LogP contribution in [0.5, 0.6) is 0 Å². The van der Waals surface area contributed by atoms with Gasteiger partial charge in [-0.15, -0.1) is 0 Å². The highest BCUT2D eigenvalue weighted by Gasteiger charge is 2.30. The van der Waals surface area contributed by atoms with Gasteiger partial charge in [-0.1, -0.05) is 17.3 Å². The highest BCUT2D eigenvalue weighted by atomic mass is 19.4. The molecule has 5 nitrogen and oxygen atoms in total. The van der Waals surface area contributed by atoms with Crippen LogP contribution in [0.15, 0.2) is 28.8 Å². The third-order valence-electron chi connectivity index (χ3n) is 3.53. The minimum atomic E-state index is -4.35. The Hall–Kier alpha value is -1.93. The van der Waals surface area contributed by atoms with E-state index < -0.39 is 12.6 Å². The quantitative estimate of drug-likeness (QED) is 0.915. The fraction of sp³-hybridized carbons (Fsp3) is 0.467. The molecular weight excluding hydrogens is 311 g/mol. The fourth-order valence-electron chi connectivity index (χ4n) is 2.39. The van der Waals surface area contributed by atoms with Crippen LogP contribution >= 0.6 is 0 Å². The van der Waals surface area contributed by atoms with Crippen molar-refractivity contribution in [3.63, 3.8) is 0 Å². The van der Waals surface area contributed by atoms with E-state index in [4.69, 9.17) is 9.26 Å². The van der Waals surface area contributed by atoms with Crippen molar-refractivity contribution in [3.05, 3.63) is 35.7 Å². The molecule has 1 unspecified atom stereocenters. The van der Waals surface area contributed by atoms with Gasteiger partial charge in [0, 0.05) is 24.8 Å². The first kappa shape index (κ1) is 15.9. The molecule has 1 aromatic carbocycles. The van der Waals surface area contributed by atoms with Crippen LogP contribution in [-0.4, -0.2) is 35.6 Å². The van der Waals surface area contributed by atoms with Crippen molar-refractivity contribution in [2.75, 3.05) is 13.2 Å². The molecule has 0 bridgehead atoms. The first-order valence-corrected chi connectivity index (χ1v) is 7.29. The summed E-state index contributed by atoms with van der Waals surface area (Å²) in [6, 6.07) is 7.63. The number of hydrogen-bond donors (Lipinski definition) is 1. The first-order valence-electron chi connectivity index (χ1n) is 7.29. The van der Waals surface area contributed by atoms with E-state index in [2.05, 4.69) is 15.5 Å². The lowest BCUT2D eigenvalue weighted by atomic mass is 10.1. The van der Waals surface area contributed by atoms with Gasteiger partial charge >= 0.3 is 6.18 Å². The maximum absolute atomic E-state index is 12.3. The lowest BCUT2D eigenvalue weighted by Crippen LogP contribution is -2.28. The molecule has 0 amide bonds. The molecule has 3 rings (SSSR count). The zero-order valence-corrected chi connectivity index (χ0v) is 12.3. The first-order chi connectivity index (χ1) is 11.0. The van der Waals surface area contributed by atoms with Gasteiger partial charge in [0.1, 0.15) is 6.42 Å². The molecule has 0 radical (unpaired) electrons. The summed E-state index contributed by atoms with van der Waals surface area (Å²) in [5, 5.41) is 6.75. The normalized spacial score (nSPS) is 18.5. The van der Waals surface area contributed by atoms with Crippen molar-refractivity contribution in [1.29, 1.82) is 0 Å². The van der Waals surface area contributed by atoms with Gasteiger partial charge < -0.3 is 14.6 Å². The molecule has 0 aliphatic carbocycles. The number of alkyl halides is 3. The third kappa shape index (κ3) is 4.52. The number of ether oxygens (including phenoxy) is 1. The number of nitrogens with one attached hydrogen (secondary N) is 1. The van der Waals surface area contributed by atoms with E-state index in [0.29, 0.717) is 24.8 Å². The Labute approximate surface area is 130 Å². The molecule has 1 saturated heterocycles. The van der Waals surface area contributed by atoms with Gasteiger partial charge in [0.2, 0.25) is 0 Å². The Morgan fingerprint density at radius 2 is 2.17 bits per heavy atom. The van der Waals surface area contributed by atoms with Crippen LogP contribution in [0.25, 0.3) is 11.5 Å². The number of nitrogens with zero attached hydrogens (tertiary/aromatic N) is 2. The van der Waals surface area contributed by atoms with Gasteiger partial charge in [0.05, 0.1) is 6.61 Å². The Balaban J connectivity index is 1.66. The van der Waals surface area contributed by atoms with E-state index in [1.807, 2.05) is 18.2 Å². The molecule has 1 aliphatic rings. The van der Waals surface area contributed by atoms with Crippen LogP contribution < -0.4 is 5.32 Å². The molecule has 8 heteroatoms. The number of hydrogen-bond acceptors (Lipinski definition) is 5. The molecule has 124 valence electrons. The highest BCUT2D eigenvalue weighted by Crippen LogP contribution is 2.23. The molecule has 0 spiro atoms. The smallest absolute Gasteiger partial charge is 0.380 e. The monoisotopic (exact) mass is 327 g/mol. The van der Waals surface area contributed by atoms with Gasteiger partial charge in [-0.05, 0) is 24.1 Å². The molecule has 0 saturated carbocycles. The van der Waals surface area contributed by atoms with Crippen LogP contribution in [0, 0.1) is 0 Å². The van der Waals surface area contributed by atoms with Gasteiger partial charge in [0.15, 0.2) is 5.82 Å². The number of halogens is 3. The minimum Gasteiger partial charge on any atom is -0.380 e. The van der Waals surface area contributed by atoms with Crippen LogP contribution in [0.1, 0.15) is 17.8 Å². The summed E-state index contributed by atoms with van der Waals surface area (Å²) in [7, 11) is 0. The predicted octanol–water partition coefficient (Wildman–Crippen LogP) is 2.72. The summed E-state index contributed by atoms with van der Waals surface area (Å²) in [5.74, 6) is -0.269. The van der Waals surface area contributed by atoms with E-state index in [1.54, 1.807) is 6.07 Å². The van der Waals surface area contributed by atoms with Crippen LogP contribution in [0.3, 0.4) is 0 Å². The average Bonchev–Trinajstić information content (AvgIpc) is 3.15. The Morgan fingerprint density at radius 1 is 1.30 bits per heavy atom. The molecule has 2 aromatic rings. The summed E-state index contributed by atoms with van der Waals surface area (Å²) in [6.07, 6.45) is -4.57. The Morgan fingerprint density at radius 3 is 2.91 bits per heavy atom. The van der Waals surface area contributed by atoms with E-state index in [1.165, 1.54) is 0 Å². The van der Waals surface area contributed by atoms with Crippen molar-refractivity contribution in [1.82, 2.24) is 15.5 Å². The summed E-state index contributed by atoms with van der Waals surface area (Å²) >= 11 is 0. The van der Waals surface area contributed by atoms with Gasteiger partial charge in [0.25, 0.3) is 5.89 Å². The highest BCUT2D eigenvalue weighted by molar-refractivity contribution is 5.54. The van der Waals surface area contributed by atoms with Crippen LogP contribution in [0.4, 0.5) is 13.2 Å². The van der Waals surface area contributed by atoms with Crippen molar-refractivity contribution in [3.8, 4) is 11.5 Å².